The van der Waals surface area contributed by atoms with Crippen LogP contribution in [-0.2, 0) is 6.54 Å². The zero-order valence-corrected chi connectivity index (χ0v) is 12.2. The Morgan fingerprint density at radius 3 is 2.83 bits per heavy atom. The number of nitrogens with one attached hydrogen (secondary N) is 1. The van der Waals surface area contributed by atoms with Crippen molar-refractivity contribution in [3.05, 3.63) is 18.0 Å². The van der Waals surface area contributed by atoms with Crippen LogP contribution in [0.2, 0.25) is 0 Å². The molecule has 3 nitrogen and oxygen atoms in total. The highest BCUT2D eigenvalue weighted by atomic mass is 35.5. The smallest absolute Gasteiger partial charge is 0.0762 e. The second-order valence-electron chi connectivity index (χ2n) is 5.52. The van der Waals surface area contributed by atoms with Crippen LogP contribution in [0.25, 0.3) is 0 Å². The van der Waals surface area contributed by atoms with Gasteiger partial charge in [-0.05, 0) is 39.2 Å². The number of aromatic nitrogens is 2. The Balaban J connectivity index is 1.79. The predicted molar refractivity (Wildman–Crippen MR) is 76.0 cm³/mol. The van der Waals surface area contributed by atoms with Crippen molar-refractivity contribution < 1.29 is 0 Å². The van der Waals surface area contributed by atoms with E-state index in [0.717, 1.165) is 18.7 Å². The maximum Gasteiger partial charge on any atom is 0.0762 e. The Kier molecular flexibility index (Phi) is 5.07. The van der Waals surface area contributed by atoms with E-state index < -0.39 is 0 Å². The first-order valence-corrected chi connectivity index (χ1v) is 7.50. The van der Waals surface area contributed by atoms with E-state index >= 15 is 0 Å². The zero-order valence-electron chi connectivity index (χ0n) is 11.4. The molecule has 0 radical (unpaired) electrons. The molecule has 1 aromatic rings. The molecule has 1 N–H and O–H groups in total. The molecule has 1 aromatic heterocycles. The normalized spacial score (nSPS) is 20.2. The van der Waals surface area contributed by atoms with E-state index in [1.807, 2.05) is 6.92 Å². The van der Waals surface area contributed by atoms with E-state index in [2.05, 4.69) is 34.3 Å². The summed E-state index contributed by atoms with van der Waals surface area (Å²) in [7, 11) is 0. The van der Waals surface area contributed by atoms with Gasteiger partial charge in [-0.3, -0.25) is 4.68 Å². The van der Waals surface area contributed by atoms with Gasteiger partial charge >= 0.3 is 0 Å². The Bertz CT molecular complexity index is 356. The summed E-state index contributed by atoms with van der Waals surface area (Å²) >= 11 is 5.98. The van der Waals surface area contributed by atoms with Crippen LogP contribution in [0.5, 0.6) is 0 Å². The third-order valence-corrected chi connectivity index (χ3v) is 3.85. The SMILES string of the molecule is CC(Cl)CC(C)NCc1ccn(C2CCCC2)n1. The lowest BCUT2D eigenvalue weighted by Crippen LogP contribution is -2.27. The molecule has 102 valence electrons. The van der Waals surface area contributed by atoms with Crippen molar-refractivity contribution in [1.29, 1.82) is 0 Å². The van der Waals surface area contributed by atoms with Gasteiger partial charge in [0, 0.05) is 24.2 Å². The second-order valence-corrected chi connectivity index (χ2v) is 6.27. The summed E-state index contributed by atoms with van der Waals surface area (Å²) < 4.78 is 2.15. The molecule has 0 saturated heterocycles. The molecule has 2 rings (SSSR count). The minimum Gasteiger partial charge on any atom is -0.309 e. The van der Waals surface area contributed by atoms with Gasteiger partial charge in [0.05, 0.1) is 11.7 Å². The molecule has 1 fully saturated rings. The molecule has 0 bridgehead atoms. The van der Waals surface area contributed by atoms with Gasteiger partial charge in [-0.25, -0.2) is 0 Å². The fraction of sp³-hybridized carbons (Fsp3) is 0.786. The van der Waals surface area contributed by atoms with Gasteiger partial charge in [0.25, 0.3) is 0 Å². The molecule has 0 aliphatic heterocycles. The summed E-state index contributed by atoms with van der Waals surface area (Å²) in [6.07, 6.45) is 8.39. The number of hydrogen-bond acceptors (Lipinski definition) is 2. The summed E-state index contributed by atoms with van der Waals surface area (Å²) in [6.45, 7) is 5.05. The van der Waals surface area contributed by atoms with Gasteiger partial charge in [-0.1, -0.05) is 12.8 Å². The van der Waals surface area contributed by atoms with Gasteiger partial charge in [0.1, 0.15) is 0 Å². The van der Waals surface area contributed by atoms with Crippen molar-refractivity contribution in [3.8, 4) is 0 Å². The number of rotatable bonds is 6. The van der Waals surface area contributed by atoms with Crippen LogP contribution in [0.3, 0.4) is 0 Å². The molecule has 1 aliphatic rings. The summed E-state index contributed by atoms with van der Waals surface area (Å²) in [5.41, 5.74) is 1.14. The number of halogens is 1. The number of alkyl halides is 1. The Morgan fingerprint density at radius 2 is 2.17 bits per heavy atom. The monoisotopic (exact) mass is 269 g/mol. The second kappa shape index (κ2) is 6.58. The summed E-state index contributed by atoms with van der Waals surface area (Å²) in [6, 6.07) is 3.20. The summed E-state index contributed by atoms with van der Waals surface area (Å²) in [5.74, 6) is 0. The van der Waals surface area contributed by atoms with Crippen molar-refractivity contribution in [2.24, 2.45) is 0 Å². The molecular formula is C14H24ClN3. The first kappa shape index (κ1) is 13.9. The average molecular weight is 270 g/mol. The van der Waals surface area contributed by atoms with Gasteiger partial charge in [0.15, 0.2) is 0 Å². The van der Waals surface area contributed by atoms with Crippen LogP contribution in [0, 0.1) is 0 Å². The standard InChI is InChI=1S/C14H24ClN3/c1-11(15)9-12(2)16-10-13-7-8-18(17-13)14-5-3-4-6-14/h7-8,11-12,14,16H,3-6,9-10H2,1-2H3. The zero-order chi connectivity index (χ0) is 13.0. The minimum atomic E-state index is 0.226. The van der Waals surface area contributed by atoms with Crippen LogP contribution >= 0.6 is 11.6 Å². The van der Waals surface area contributed by atoms with Crippen molar-refractivity contribution in [2.45, 2.75) is 70.0 Å². The van der Waals surface area contributed by atoms with E-state index in [4.69, 9.17) is 11.6 Å². The van der Waals surface area contributed by atoms with Crippen LogP contribution in [0.15, 0.2) is 12.3 Å². The van der Waals surface area contributed by atoms with Crippen LogP contribution < -0.4 is 5.32 Å². The number of nitrogens with zero attached hydrogens (tertiary/aromatic N) is 2. The molecule has 0 spiro atoms. The maximum atomic E-state index is 5.98. The van der Waals surface area contributed by atoms with Crippen LogP contribution in [-0.4, -0.2) is 21.2 Å². The van der Waals surface area contributed by atoms with Crippen molar-refractivity contribution in [2.75, 3.05) is 0 Å². The molecule has 2 atom stereocenters. The Labute approximate surface area is 115 Å². The molecule has 1 aliphatic carbocycles. The fourth-order valence-electron chi connectivity index (χ4n) is 2.69. The van der Waals surface area contributed by atoms with Gasteiger partial charge in [-0.2, -0.15) is 5.10 Å². The van der Waals surface area contributed by atoms with Crippen LogP contribution in [0.1, 0.15) is 57.7 Å². The molecule has 4 heteroatoms. The van der Waals surface area contributed by atoms with Crippen molar-refractivity contribution in [3.63, 3.8) is 0 Å². The van der Waals surface area contributed by atoms with Gasteiger partial charge < -0.3 is 5.32 Å². The van der Waals surface area contributed by atoms with Gasteiger partial charge in [0.2, 0.25) is 0 Å². The first-order valence-electron chi connectivity index (χ1n) is 7.06. The van der Waals surface area contributed by atoms with Gasteiger partial charge in [-0.15, -0.1) is 11.6 Å². The molecule has 0 amide bonds. The molecule has 18 heavy (non-hydrogen) atoms. The molecule has 1 saturated carbocycles. The summed E-state index contributed by atoms with van der Waals surface area (Å²) in [4.78, 5) is 0. The van der Waals surface area contributed by atoms with E-state index in [9.17, 15) is 0 Å². The van der Waals surface area contributed by atoms with E-state index in [0.29, 0.717) is 12.1 Å². The van der Waals surface area contributed by atoms with E-state index in [1.165, 1.54) is 25.7 Å². The first-order chi connectivity index (χ1) is 8.65. The highest BCUT2D eigenvalue weighted by molar-refractivity contribution is 6.20. The molecular weight excluding hydrogens is 246 g/mol. The van der Waals surface area contributed by atoms with E-state index in [1.54, 1.807) is 0 Å². The van der Waals surface area contributed by atoms with Crippen molar-refractivity contribution in [1.82, 2.24) is 15.1 Å². The van der Waals surface area contributed by atoms with Crippen molar-refractivity contribution >= 4 is 11.6 Å². The molecule has 1 heterocycles. The highest BCUT2D eigenvalue weighted by Crippen LogP contribution is 2.28. The van der Waals surface area contributed by atoms with Crippen LogP contribution in [0.4, 0.5) is 0 Å². The fourth-order valence-corrected chi connectivity index (χ4v) is 2.96. The third kappa shape index (κ3) is 3.99. The number of hydrogen-bond donors (Lipinski definition) is 1. The quantitative estimate of drug-likeness (QED) is 0.801. The Hall–Kier alpha value is -0.540. The largest absolute Gasteiger partial charge is 0.309 e. The lowest BCUT2D eigenvalue weighted by Gasteiger charge is -2.14. The Morgan fingerprint density at radius 1 is 1.44 bits per heavy atom. The summed E-state index contributed by atoms with van der Waals surface area (Å²) in [5, 5.41) is 8.36. The highest BCUT2D eigenvalue weighted by Gasteiger charge is 2.17. The topological polar surface area (TPSA) is 29.9 Å². The molecule has 2 unspecified atom stereocenters. The molecule has 0 aromatic carbocycles. The lowest BCUT2D eigenvalue weighted by molar-refractivity contribution is 0.454. The minimum absolute atomic E-state index is 0.226. The predicted octanol–water partition coefficient (Wildman–Crippen LogP) is 3.49. The van der Waals surface area contributed by atoms with E-state index in [-0.39, 0.29) is 5.38 Å². The third-order valence-electron chi connectivity index (χ3n) is 3.67. The lowest BCUT2D eigenvalue weighted by atomic mass is 10.2. The maximum absolute atomic E-state index is 5.98. The average Bonchev–Trinajstić information content (AvgIpc) is 2.96.